The van der Waals surface area contributed by atoms with Gasteiger partial charge in [-0.1, -0.05) is 19.1 Å². The standard InChI is InChI=1S/C11H17NO/c1-7-8-2-3-9(6-8)10(7)4-5-11(12)13/h2-3,7-10H,4-6H2,1H3,(H2,12,13). The topological polar surface area (TPSA) is 43.1 Å². The van der Waals surface area contributed by atoms with E-state index in [1.165, 1.54) is 6.42 Å². The van der Waals surface area contributed by atoms with Crippen molar-refractivity contribution in [1.29, 1.82) is 0 Å². The van der Waals surface area contributed by atoms with Gasteiger partial charge in [0.25, 0.3) is 0 Å². The van der Waals surface area contributed by atoms with Crippen molar-refractivity contribution in [2.75, 3.05) is 0 Å². The van der Waals surface area contributed by atoms with Crippen LogP contribution in [-0.4, -0.2) is 5.91 Å². The van der Waals surface area contributed by atoms with Crippen LogP contribution >= 0.6 is 0 Å². The van der Waals surface area contributed by atoms with Gasteiger partial charge in [0.05, 0.1) is 0 Å². The Hall–Kier alpha value is -0.790. The molecule has 0 aliphatic heterocycles. The van der Waals surface area contributed by atoms with Crippen LogP contribution in [0, 0.1) is 23.7 Å². The number of carbonyl (C=O) groups is 1. The number of nitrogens with two attached hydrogens (primary N) is 1. The van der Waals surface area contributed by atoms with Crippen molar-refractivity contribution in [1.82, 2.24) is 0 Å². The number of hydrogen-bond acceptors (Lipinski definition) is 1. The summed E-state index contributed by atoms with van der Waals surface area (Å²) in [4.78, 5) is 10.7. The maximum Gasteiger partial charge on any atom is 0.217 e. The molecule has 0 aromatic carbocycles. The second-order valence-corrected chi connectivity index (χ2v) is 4.48. The van der Waals surface area contributed by atoms with Crippen LogP contribution < -0.4 is 5.73 Å². The summed E-state index contributed by atoms with van der Waals surface area (Å²) in [7, 11) is 0. The largest absolute Gasteiger partial charge is 0.370 e. The molecule has 0 aromatic heterocycles. The molecule has 2 heteroatoms. The molecule has 2 nitrogen and oxygen atoms in total. The molecule has 2 aliphatic carbocycles. The minimum absolute atomic E-state index is 0.154. The van der Waals surface area contributed by atoms with Gasteiger partial charge in [-0.3, -0.25) is 4.79 Å². The van der Waals surface area contributed by atoms with E-state index in [0.29, 0.717) is 12.3 Å². The summed E-state index contributed by atoms with van der Waals surface area (Å²) in [5, 5.41) is 0. The first kappa shape index (κ1) is 8.79. The molecule has 4 atom stereocenters. The highest BCUT2D eigenvalue weighted by atomic mass is 16.1. The third-order valence-corrected chi connectivity index (χ3v) is 3.77. The lowest BCUT2D eigenvalue weighted by atomic mass is 9.81. The van der Waals surface area contributed by atoms with Gasteiger partial charge in [0.15, 0.2) is 0 Å². The van der Waals surface area contributed by atoms with Gasteiger partial charge >= 0.3 is 0 Å². The highest BCUT2D eigenvalue weighted by Gasteiger charge is 2.41. The maximum atomic E-state index is 10.7. The lowest BCUT2D eigenvalue weighted by Crippen LogP contribution is -2.20. The lowest BCUT2D eigenvalue weighted by Gasteiger charge is -2.24. The molecule has 1 fully saturated rings. The average molecular weight is 179 g/mol. The Bertz CT molecular complexity index is 246. The summed E-state index contributed by atoms with van der Waals surface area (Å²) in [6, 6.07) is 0. The molecule has 0 radical (unpaired) electrons. The number of rotatable bonds is 3. The molecule has 4 unspecified atom stereocenters. The molecule has 0 heterocycles. The van der Waals surface area contributed by atoms with Gasteiger partial charge in [-0.2, -0.15) is 0 Å². The number of primary amides is 1. The van der Waals surface area contributed by atoms with E-state index in [4.69, 9.17) is 5.73 Å². The second kappa shape index (κ2) is 3.17. The van der Waals surface area contributed by atoms with Crippen molar-refractivity contribution < 1.29 is 4.79 Å². The van der Waals surface area contributed by atoms with Crippen LogP contribution in [0.4, 0.5) is 0 Å². The quantitative estimate of drug-likeness (QED) is 0.658. The van der Waals surface area contributed by atoms with Crippen LogP contribution in [0.2, 0.25) is 0 Å². The molecule has 72 valence electrons. The fourth-order valence-corrected chi connectivity index (χ4v) is 2.96. The Morgan fingerprint density at radius 3 is 2.69 bits per heavy atom. The van der Waals surface area contributed by atoms with E-state index >= 15 is 0 Å². The molecule has 1 amide bonds. The van der Waals surface area contributed by atoms with Gasteiger partial charge in [-0.25, -0.2) is 0 Å². The minimum Gasteiger partial charge on any atom is -0.370 e. The Balaban J connectivity index is 1.93. The predicted molar refractivity (Wildman–Crippen MR) is 51.8 cm³/mol. The summed E-state index contributed by atoms with van der Waals surface area (Å²) in [6.45, 7) is 2.31. The Kier molecular flexibility index (Phi) is 2.14. The first-order valence-electron chi connectivity index (χ1n) is 5.15. The van der Waals surface area contributed by atoms with Crippen molar-refractivity contribution in [2.24, 2.45) is 29.4 Å². The highest BCUT2D eigenvalue weighted by Crippen LogP contribution is 2.49. The number of hydrogen-bond donors (Lipinski definition) is 1. The fourth-order valence-electron chi connectivity index (χ4n) is 2.96. The zero-order valence-corrected chi connectivity index (χ0v) is 8.07. The molecular weight excluding hydrogens is 162 g/mol. The molecule has 0 saturated heterocycles. The van der Waals surface area contributed by atoms with Gasteiger partial charge in [0.1, 0.15) is 0 Å². The monoisotopic (exact) mass is 179 g/mol. The van der Waals surface area contributed by atoms with Crippen LogP contribution in [0.5, 0.6) is 0 Å². The third kappa shape index (κ3) is 1.50. The Labute approximate surface area is 79.2 Å². The molecular formula is C11H17NO. The zero-order valence-electron chi connectivity index (χ0n) is 8.07. The van der Waals surface area contributed by atoms with E-state index < -0.39 is 0 Å². The van der Waals surface area contributed by atoms with Crippen molar-refractivity contribution in [3.05, 3.63) is 12.2 Å². The minimum atomic E-state index is -0.154. The fraction of sp³-hybridized carbons (Fsp3) is 0.727. The predicted octanol–water partition coefficient (Wildman–Crippen LogP) is 1.71. The van der Waals surface area contributed by atoms with E-state index in [0.717, 1.165) is 24.2 Å². The summed E-state index contributed by atoms with van der Waals surface area (Å²) < 4.78 is 0. The summed E-state index contributed by atoms with van der Waals surface area (Å²) in [6.07, 6.45) is 7.53. The number of fused-ring (bicyclic) bond motifs is 2. The molecule has 1 saturated carbocycles. The van der Waals surface area contributed by atoms with Crippen molar-refractivity contribution in [3.8, 4) is 0 Å². The molecule has 2 rings (SSSR count). The van der Waals surface area contributed by atoms with Gasteiger partial charge in [0, 0.05) is 6.42 Å². The number of allylic oxidation sites excluding steroid dienone is 2. The smallest absolute Gasteiger partial charge is 0.217 e. The number of carbonyl (C=O) groups excluding carboxylic acids is 1. The molecule has 0 aromatic rings. The first-order valence-corrected chi connectivity index (χ1v) is 5.15. The SMILES string of the molecule is CC1C2C=CC(C2)C1CCC(N)=O. The third-order valence-electron chi connectivity index (χ3n) is 3.77. The van der Waals surface area contributed by atoms with Crippen LogP contribution in [0.3, 0.4) is 0 Å². The van der Waals surface area contributed by atoms with E-state index in [2.05, 4.69) is 19.1 Å². The summed E-state index contributed by atoms with van der Waals surface area (Å²) in [5.41, 5.74) is 5.16. The van der Waals surface area contributed by atoms with Gasteiger partial charge in [-0.15, -0.1) is 0 Å². The molecule has 2 bridgehead atoms. The average Bonchev–Trinajstić information content (AvgIpc) is 2.61. The molecule has 13 heavy (non-hydrogen) atoms. The maximum absolute atomic E-state index is 10.7. The first-order chi connectivity index (χ1) is 6.18. The van der Waals surface area contributed by atoms with Crippen LogP contribution in [0.15, 0.2) is 12.2 Å². The molecule has 2 aliphatic rings. The Morgan fingerprint density at radius 1 is 1.46 bits per heavy atom. The summed E-state index contributed by atoms with van der Waals surface area (Å²) in [5.74, 6) is 2.83. The molecule has 0 spiro atoms. The lowest BCUT2D eigenvalue weighted by molar-refractivity contribution is -0.118. The van der Waals surface area contributed by atoms with Crippen molar-refractivity contribution in [3.63, 3.8) is 0 Å². The summed E-state index contributed by atoms with van der Waals surface area (Å²) >= 11 is 0. The Morgan fingerprint density at radius 2 is 2.15 bits per heavy atom. The normalized spacial score (nSPS) is 41.3. The second-order valence-electron chi connectivity index (χ2n) is 4.48. The highest BCUT2D eigenvalue weighted by molar-refractivity contribution is 5.73. The van der Waals surface area contributed by atoms with E-state index in [1.54, 1.807) is 0 Å². The van der Waals surface area contributed by atoms with Crippen LogP contribution in [0.1, 0.15) is 26.2 Å². The van der Waals surface area contributed by atoms with Crippen molar-refractivity contribution >= 4 is 5.91 Å². The van der Waals surface area contributed by atoms with E-state index in [-0.39, 0.29) is 5.91 Å². The molecule has 2 N–H and O–H groups in total. The van der Waals surface area contributed by atoms with Crippen LogP contribution in [-0.2, 0) is 4.79 Å². The van der Waals surface area contributed by atoms with Gasteiger partial charge < -0.3 is 5.73 Å². The van der Waals surface area contributed by atoms with Gasteiger partial charge in [-0.05, 0) is 36.5 Å². The van der Waals surface area contributed by atoms with Gasteiger partial charge in [0.2, 0.25) is 5.91 Å². The van der Waals surface area contributed by atoms with E-state index in [1.807, 2.05) is 0 Å². The van der Waals surface area contributed by atoms with Crippen LogP contribution in [0.25, 0.3) is 0 Å². The van der Waals surface area contributed by atoms with E-state index in [9.17, 15) is 4.79 Å². The van der Waals surface area contributed by atoms with Crippen molar-refractivity contribution in [2.45, 2.75) is 26.2 Å². The number of amides is 1. The zero-order chi connectivity index (χ0) is 9.42.